The normalized spacial score (nSPS) is 23.2. The Morgan fingerprint density at radius 2 is 2.00 bits per heavy atom. The number of urea groups is 1. The summed E-state index contributed by atoms with van der Waals surface area (Å²) in [6, 6.07) is -1.18. The smallest absolute Gasteiger partial charge is 0.329 e. The molecule has 0 saturated carbocycles. The third kappa shape index (κ3) is 3.02. The van der Waals surface area contributed by atoms with Crippen LogP contribution in [0.1, 0.15) is 40.0 Å². The number of rotatable bonds is 5. The summed E-state index contributed by atoms with van der Waals surface area (Å²) in [5, 5.41) is 14.6. The van der Waals surface area contributed by atoms with E-state index in [1.807, 2.05) is 0 Å². The second-order valence-electron chi connectivity index (χ2n) is 5.01. The summed E-state index contributed by atoms with van der Waals surface area (Å²) in [6.07, 6.45) is 1.45. The molecule has 1 aliphatic rings. The highest BCUT2D eigenvalue weighted by atomic mass is 16.4. The lowest BCUT2D eigenvalue weighted by Crippen LogP contribution is -2.58. The molecule has 3 N–H and O–H groups in total. The summed E-state index contributed by atoms with van der Waals surface area (Å²) in [4.78, 5) is 36.6. The van der Waals surface area contributed by atoms with Gasteiger partial charge in [0, 0.05) is 13.1 Å². The zero-order valence-electron chi connectivity index (χ0n) is 12.2. The van der Waals surface area contributed by atoms with Crippen molar-refractivity contribution in [1.29, 1.82) is 0 Å². The van der Waals surface area contributed by atoms with Gasteiger partial charge in [0.05, 0.1) is 0 Å². The van der Waals surface area contributed by atoms with Gasteiger partial charge in [-0.25, -0.2) is 9.59 Å². The van der Waals surface area contributed by atoms with Crippen LogP contribution in [0.25, 0.3) is 0 Å². The number of likely N-dealkylation sites (N-methyl/N-ethyl adjacent to an activating group) is 1. The first-order valence-electron chi connectivity index (χ1n) is 6.98. The molecule has 1 saturated heterocycles. The molecule has 114 valence electrons. The number of aliphatic carboxylic acids is 1. The number of carbonyl (C=O) groups excluding carboxylic acids is 2. The van der Waals surface area contributed by atoms with Crippen LogP contribution in [0, 0.1) is 0 Å². The Labute approximate surface area is 118 Å². The maximum atomic E-state index is 12.2. The van der Waals surface area contributed by atoms with Crippen molar-refractivity contribution in [3.05, 3.63) is 0 Å². The topological polar surface area (TPSA) is 98.7 Å². The van der Waals surface area contributed by atoms with Gasteiger partial charge in [-0.2, -0.15) is 0 Å². The highest BCUT2D eigenvalue weighted by Gasteiger charge is 2.48. The van der Waals surface area contributed by atoms with Crippen LogP contribution in [0.4, 0.5) is 4.79 Å². The molecule has 0 aliphatic carbocycles. The number of carboxylic acids is 1. The monoisotopic (exact) mass is 285 g/mol. The fourth-order valence-electron chi connectivity index (χ4n) is 2.57. The Morgan fingerprint density at radius 1 is 1.35 bits per heavy atom. The Kier molecular flexibility index (Phi) is 5.35. The molecule has 1 heterocycles. The van der Waals surface area contributed by atoms with Gasteiger partial charge >= 0.3 is 12.0 Å². The van der Waals surface area contributed by atoms with Crippen LogP contribution in [0.5, 0.6) is 0 Å². The summed E-state index contributed by atoms with van der Waals surface area (Å²) in [5.74, 6) is -1.27. The van der Waals surface area contributed by atoms with Crippen molar-refractivity contribution in [3.63, 3.8) is 0 Å². The van der Waals surface area contributed by atoms with E-state index in [1.54, 1.807) is 20.8 Å². The van der Waals surface area contributed by atoms with Crippen LogP contribution in [0.15, 0.2) is 0 Å². The minimum Gasteiger partial charge on any atom is -0.479 e. The molecule has 20 heavy (non-hydrogen) atoms. The first kappa shape index (κ1) is 16.3. The van der Waals surface area contributed by atoms with Crippen molar-refractivity contribution in [1.82, 2.24) is 15.5 Å². The summed E-state index contributed by atoms with van der Waals surface area (Å²) >= 11 is 0. The van der Waals surface area contributed by atoms with E-state index >= 15 is 0 Å². The Hall–Kier alpha value is -1.79. The predicted molar refractivity (Wildman–Crippen MR) is 73.3 cm³/mol. The van der Waals surface area contributed by atoms with E-state index in [1.165, 1.54) is 4.90 Å². The van der Waals surface area contributed by atoms with Gasteiger partial charge in [-0.3, -0.25) is 4.79 Å². The molecular weight excluding hydrogens is 262 g/mol. The van der Waals surface area contributed by atoms with Crippen molar-refractivity contribution in [2.24, 2.45) is 0 Å². The van der Waals surface area contributed by atoms with E-state index in [4.69, 9.17) is 0 Å². The second kappa shape index (κ2) is 6.58. The molecule has 0 aromatic heterocycles. The first-order valence-corrected chi connectivity index (χ1v) is 6.98. The molecule has 0 bridgehead atoms. The molecule has 2 atom stereocenters. The number of nitrogens with one attached hydrogen (secondary N) is 2. The molecule has 0 radical (unpaired) electrons. The summed E-state index contributed by atoms with van der Waals surface area (Å²) in [5.41, 5.74) is -1.15. The number of carbonyl (C=O) groups is 3. The standard InChI is InChI=1S/C13H23N3O4/c1-4-13(11(18)19)7-6-8-16(13)12(20)15-9(3)10(17)14-5-2/h9H,4-8H2,1-3H3,(H,14,17)(H,15,20)(H,18,19). The molecule has 0 aromatic carbocycles. The minimum absolute atomic E-state index is 0.280. The highest BCUT2D eigenvalue weighted by molar-refractivity contribution is 5.90. The molecule has 1 fully saturated rings. The van der Waals surface area contributed by atoms with Crippen molar-refractivity contribution >= 4 is 17.9 Å². The van der Waals surface area contributed by atoms with Crippen LogP contribution in [0.2, 0.25) is 0 Å². The summed E-state index contributed by atoms with van der Waals surface area (Å²) in [7, 11) is 0. The lowest BCUT2D eigenvalue weighted by atomic mass is 9.93. The third-order valence-corrected chi connectivity index (χ3v) is 3.80. The number of amides is 3. The Morgan fingerprint density at radius 3 is 2.50 bits per heavy atom. The van der Waals surface area contributed by atoms with Crippen molar-refractivity contribution in [2.45, 2.75) is 51.6 Å². The quantitative estimate of drug-likeness (QED) is 0.687. The van der Waals surface area contributed by atoms with Gasteiger partial charge in [0.1, 0.15) is 11.6 Å². The van der Waals surface area contributed by atoms with E-state index in [-0.39, 0.29) is 5.91 Å². The molecular formula is C13H23N3O4. The molecule has 1 aliphatic heterocycles. The number of carboxylic acid groups (broad SMARTS) is 1. The summed E-state index contributed by atoms with van der Waals surface area (Å²) < 4.78 is 0. The molecule has 7 heteroatoms. The number of hydrogen-bond donors (Lipinski definition) is 3. The van der Waals surface area contributed by atoms with E-state index in [0.29, 0.717) is 32.4 Å². The van der Waals surface area contributed by atoms with Gasteiger partial charge in [-0.1, -0.05) is 6.92 Å². The average molecular weight is 285 g/mol. The minimum atomic E-state index is -1.15. The van der Waals surface area contributed by atoms with Gasteiger partial charge in [0.2, 0.25) is 5.91 Å². The number of nitrogens with zero attached hydrogens (tertiary/aromatic N) is 1. The SMILES string of the molecule is CCNC(=O)C(C)NC(=O)N1CCCC1(CC)C(=O)O. The van der Waals surface area contributed by atoms with Crippen LogP contribution >= 0.6 is 0 Å². The van der Waals surface area contributed by atoms with Gasteiger partial charge in [0.25, 0.3) is 0 Å². The van der Waals surface area contributed by atoms with E-state index in [2.05, 4.69) is 10.6 Å². The number of hydrogen-bond acceptors (Lipinski definition) is 3. The molecule has 0 aromatic rings. The van der Waals surface area contributed by atoms with Crippen LogP contribution < -0.4 is 10.6 Å². The Bertz CT molecular complexity index is 399. The van der Waals surface area contributed by atoms with Crippen LogP contribution in [-0.4, -0.2) is 52.6 Å². The van der Waals surface area contributed by atoms with Crippen LogP contribution in [-0.2, 0) is 9.59 Å². The van der Waals surface area contributed by atoms with Gasteiger partial charge in [0.15, 0.2) is 0 Å². The maximum Gasteiger partial charge on any atom is 0.329 e. The lowest BCUT2D eigenvalue weighted by molar-refractivity contribution is -0.148. The molecule has 0 spiro atoms. The second-order valence-corrected chi connectivity index (χ2v) is 5.01. The molecule has 3 amide bonds. The molecule has 2 unspecified atom stereocenters. The summed E-state index contributed by atoms with van der Waals surface area (Å²) in [6.45, 7) is 6.00. The van der Waals surface area contributed by atoms with Crippen molar-refractivity contribution in [2.75, 3.05) is 13.1 Å². The lowest BCUT2D eigenvalue weighted by Gasteiger charge is -2.34. The molecule has 1 rings (SSSR count). The first-order chi connectivity index (χ1) is 9.39. The Balaban J connectivity index is 2.76. The zero-order valence-corrected chi connectivity index (χ0v) is 12.2. The highest BCUT2D eigenvalue weighted by Crippen LogP contribution is 2.32. The van der Waals surface area contributed by atoms with Crippen LogP contribution in [0.3, 0.4) is 0 Å². The zero-order chi connectivity index (χ0) is 15.3. The number of likely N-dealkylation sites (tertiary alicyclic amines) is 1. The maximum absolute atomic E-state index is 12.2. The average Bonchev–Trinajstić information content (AvgIpc) is 2.83. The third-order valence-electron chi connectivity index (χ3n) is 3.80. The van der Waals surface area contributed by atoms with E-state index < -0.39 is 23.6 Å². The van der Waals surface area contributed by atoms with Crippen molar-refractivity contribution < 1.29 is 19.5 Å². The van der Waals surface area contributed by atoms with Gasteiger partial charge < -0.3 is 20.6 Å². The fraction of sp³-hybridized carbons (Fsp3) is 0.769. The van der Waals surface area contributed by atoms with E-state index in [0.717, 1.165) is 0 Å². The fourth-order valence-corrected chi connectivity index (χ4v) is 2.57. The van der Waals surface area contributed by atoms with Gasteiger partial charge in [-0.05, 0) is 33.1 Å². The largest absolute Gasteiger partial charge is 0.479 e. The van der Waals surface area contributed by atoms with Crippen molar-refractivity contribution in [3.8, 4) is 0 Å². The molecule has 7 nitrogen and oxygen atoms in total. The predicted octanol–water partition coefficient (Wildman–Crippen LogP) is 0.550. The van der Waals surface area contributed by atoms with Gasteiger partial charge in [-0.15, -0.1) is 0 Å². The van der Waals surface area contributed by atoms with E-state index in [9.17, 15) is 19.5 Å².